The number of carbonyl (C=O) groups is 4. The van der Waals surface area contributed by atoms with Crippen LogP contribution in [-0.2, 0) is 29.1 Å². The van der Waals surface area contributed by atoms with Crippen LogP contribution in [0.1, 0.15) is 92.9 Å². The van der Waals surface area contributed by atoms with Crippen molar-refractivity contribution >= 4 is 44.6 Å². The van der Waals surface area contributed by atoms with Crippen molar-refractivity contribution in [2.24, 2.45) is 17.8 Å². The van der Waals surface area contributed by atoms with Gasteiger partial charge in [-0.2, -0.15) is 0 Å². The molecule has 0 bridgehead atoms. The minimum absolute atomic E-state index is 0.0220. The van der Waals surface area contributed by atoms with E-state index in [2.05, 4.69) is 20.3 Å². The molecule has 328 valence electrons. The summed E-state index contributed by atoms with van der Waals surface area (Å²) in [5, 5.41) is 6.72. The second-order valence-electron chi connectivity index (χ2n) is 17.9. The van der Waals surface area contributed by atoms with Crippen molar-refractivity contribution in [3.05, 3.63) is 36.5 Å². The van der Waals surface area contributed by atoms with Crippen LogP contribution in [0.3, 0.4) is 0 Å². The molecule has 1 saturated heterocycles. The minimum atomic E-state index is -4.06. The van der Waals surface area contributed by atoms with E-state index in [0.29, 0.717) is 80.9 Å². The summed E-state index contributed by atoms with van der Waals surface area (Å²) < 4.78 is 80.0. The summed E-state index contributed by atoms with van der Waals surface area (Å²) in [5.74, 6) is -5.40. The van der Waals surface area contributed by atoms with E-state index in [-0.39, 0.29) is 31.2 Å². The van der Waals surface area contributed by atoms with Gasteiger partial charge in [0, 0.05) is 36.2 Å². The van der Waals surface area contributed by atoms with Crippen LogP contribution in [0.4, 0.5) is 13.6 Å². The first-order valence-corrected chi connectivity index (χ1v) is 22.2. The first-order chi connectivity index (χ1) is 28.2. The fourth-order valence-corrected chi connectivity index (χ4v) is 9.60. The molecule has 7 atom stereocenters. The number of halogens is 2. The molecule has 3 fully saturated rings. The first kappa shape index (κ1) is 43.4. The predicted molar refractivity (Wildman–Crippen MR) is 215 cm³/mol. The molecule has 3 N–H and O–H groups in total. The zero-order valence-corrected chi connectivity index (χ0v) is 35.7. The molecule has 7 rings (SSSR count). The van der Waals surface area contributed by atoms with Crippen molar-refractivity contribution in [2.75, 3.05) is 19.8 Å². The van der Waals surface area contributed by atoms with Crippen molar-refractivity contribution in [3.63, 3.8) is 0 Å². The van der Waals surface area contributed by atoms with E-state index in [1.807, 2.05) is 26.0 Å². The van der Waals surface area contributed by atoms with Gasteiger partial charge >= 0.3 is 6.09 Å². The van der Waals surface area contributed by atoms with Crippen molar-refractivity contribution in [1.29, 1.82) is 0 Å². The third kappa shape index (κ3) is 8.44. The molecule has 2 aromatic rings. The summed E-state index contributed by atoms with van der Waals surface area (Å²) in [4.78, 5) is 62.9. The van der Waals surface area contributed by atoms with E-state index in [1.165, 1.54) is 4.90 Å². The molecule has 0 spiro atoms. The van der Waals surface area contributed by atoms with E-state index in [0.717, 1.165) is 13.8 Å². The quantitative estimate of drug-likeness (QED) is 0.283. The lowest BCUT2D eigenvalue weighted by Crippen LogP contribution is -2.60. The lowest BCUT2D eigenvalue weighted by Gasteiger charge is -2.35. The number of aromatic nitrogens is 1. The highest BCUT2D eigenvalue weighted by atomic mass is 32.2. The zero-order valence-electron chi connectivity index (χ0n) is 34.8. The van der Waals surface area contributed by atoms with E-state index in [4.69, 9.17) is 18.9 Å². The molecule has 5 aliphatic rings. The van der Waals surface area contributed by atoms with Crippen LogP contribution in [-0.4, -0.2) is 102 Å². The zero-order chi connectivity index (χ0) is 43.4. The lowest BCUT2D eigenvalue weighted by molar-refractivity contribution is -0.152. The summed E-state index contributed by atoms with van der Waals surface area (Å²) in [7, 11) is -4.06. The highest BCUT2D eigenvalue weighted by Gasteiger charge is 2.63. The lowest BCUT2D eigenvalue weighted by atomic mass is 9.85. The van der Waals surface area contributed by atoms with Crippen LogP contribution >= 0.6 is 0 Å². The summed E-state index contributed by atoms with van der Waals surface area (Å²) >= 11 is 0. The second kappa shape index (κ2) is 15.9. The maximum atomic E-state index is 15.0. The fraction of sp³-hybridized carbons (Fsp3) is 0.643. The van der Waals surface area contributed by atoms with Crippen molar-refractivity contribution in [2.45, 2.75) is 133 Å². The molecule has 1 aromatic carbocycles. The Balaban J connectivity index is 1.24. The van der Waals surface area contributed by atoms with Crippen LogP contribution < -0.4 is 29.6 Å². The average molecular weight is 860 g/mol. The monoisotopic (exact) mass is 859 g/mol. The highest BCUT2D eigenvalue weighted by molar-refractivity contribution is 7.91. The number of ether oxygens (including phenoxy) is 4. The Kier molecular flexibility index (Phi) is 11.5. The smallest absolute Gasteiger partial charge is 0.408 e. The maximum absolute atomic E-state index is 15.0. The number of nitrogens with one attached hydrogen (secondary N) is 3. The Morgan fingerprint density at radius 2 is 1.82 bits per heavy atom. The Bertz CT molecular complexity index is 2180. The topological polar surface area (TPSA) is 192 Å². The van der Waals surface area contributed by atoms with Gasteiger partial charge in [-0.05, 0) is 89.3 Å². The van der Waals surface area contributed by atoms with Gasteiger partial charge in [0.25, 0.3) is 11.8 Å². The molecule has 18 heteroatoms. The number of amides is 4. The van der Waals surface area contributed by atoms with E-state index < -0.39 is 85.7 Å². The Hall–Kier alpha value is -4.74. The molecule has 3 aliphatic heterocycles. The van der Waals surface area contributed by atoms with Gasteiger partial charge in [-0.25, -0.2) is 27.0 Å². The molecule has 4 heterocycles. The van der Waals surface area contributed by atoms with Crippen LogP contribution in [0, 0.1) is 17.8 Å². The third-order valence-electron chi connectivity index (χ3n) is 13.0. The number of carbonyl (C=O) groups excluding carboxylic acids is 4. The number of nitrogens with zero attached hydrogens (tertiary/aromatic N) is 2. The van der Waals surface area contributed by atoms with E-state index >= 15 is 4.79 Å². The minimum Gasteiger partial charge on any atom is -0.486 e. The van der Waals surface area contributed by atoms with Gasteiger partial charge in [-0.15, -0.1) is 0 Å². The van der Waals surface area contributed by atoms with Gasteiger partial charge in [-0.3, -0.25) is 19.1 Å². The molecular weight excluding hydrogens is 805 g/mol. The van der Waals surface area contributed by atoms with Gasteiger partial charge in [0.15, 0.2) is 17.1 Å². The van der Waals surface area contributed by atoms with Gasteiger partial charge < -0.3 is 34.5 Å². The number of allylic oxidation sites excluding steroid dienone is 1. The van der Waals surface area contributed by atoms with E-state index in [1.54, 1.807) is 31.3 Å². The SMILES string of the molecule is CC[C@@H]1C[C@@H](C)CC/C=C\[C@@H]2C[C@@]2(C(=O)NS(=O)(=O)C2(C)CC2)NC(=O)[C@@H]2C[C@@H](Oc3nccc4c5c(ccc34)OCCO5)CN2C(=O)[C@H]1NC(=O)OC(C)(C)C(C)(F)F. The van der Waals surface area contributed by atoms with Gasteiger partial charge in [0.1, 0.15) is 36.9 Å². The third-order valence-corrected chi connectivity index (χ3v) is 15.1. The molecule has 60 heavy (non-hydrogen) atoms. The van der Waals surface area contributed by atoms with E-state index in [9.17, 15) is 31.6 Å². The largest absolute Gasteiger partial charge is 0.486 e. The number of rotatable bonds is 9. The maximum Gasteiger partial charge on any atom is 0.408 e. The fourth-order valence-electron chi connectivity index (χ4n) is 8.28. The summed E-state index contributed by atoms with van der Waals surface area (Å²) in [6.07, 6.45) is 6.17. The number of pyridine rings is 1. The van der Waals surface area contributed by atoms with Gasteiger partial charge in [0.05, 0.1) is 11.3 Å². The highest BCUT2D eigenvalue weighted by Crippen LogP contribution is 2.48. The van der Waals surface area contributed by atoms with Gasteiger partial charge in [0.2, 0.25) is 27.7 Å². The molecular formula is C42H55F2N5O10S. The number of fused-ring (bicyclic) bond motifs is 5. The number of sulfonamides is 1. The second-order valence-corrected chi connectivity index (χ2v) is 20.1. The van der Waals surface area contributed by atoms with Gasteiger partial charge in [-0.1, -0.05) is 32.4 Å². The molecule has 0 unspecified atom stereocenters. The molecule has 1 aromatic heterocycles. The number of hydrogen-bond donors (Lipinski definition) is 3. The van der Waals surface area contributed by atoms with Crippen molar-refractivity contribution < 1.29 is 55.3 Å². The number of benzene rings is 1. The standard InChI is InChI=1S/C42H55F2N5O10S/c1-7-25-20-24(2)10-8-9-11-26-22-42(26,37(52)48-60(54,55)40(5)15-16-40)47-34(50)30-21-27(23-49(30)36(51)32(25)46-38(53)59-39(3,4)41(6,43)44)58-35-29-12-13-31-33(57-19-18-56-31)28(29)14-17-45-35/h9,11-14,17,24-27,30,32H,7-8,10,15-16,18-23H2,1-6H3,(H,46,53)(H,47,50)(H,48,52)/b11-9-/t24-,25+,26+,27+,30-,32-,42+/m0/s1. The molecule has 0 radical (unpaired) electrons. The summed E-state index contributed by atoms with van der Waals surface area (Å²) in [6, 6.07) is 2.70. The predicted octanol–water partition coefficient (Wildman–Crippen LogP) is 5.16. The average Bonchev–Trinajstić information content (AvgIpc) is 4.07. The van der Waals surface area contributed by atoms with Crippen LogP contribution in [0.5, 0.6) is 17.4 Å². The Labute approximate surface area is 348 Å². The number of alkyl carbamates (subject to hydrolysis) is 1. The van der Waals surface area contributed by atoms with Crippen LogP contribution in [0.2, 0.25) is 0 Å². The van der Waals surface area contributed by atoms with Crippen LogP contribution in [0.25, 0.3) is 10.8 Å². The normalized spacial score (nSPS) is 29.8. The molecule has 2 saturated carbocycles. The Morgan fingerprint density at radius 3 is 2.52 bits per heavy atom. The van der Waals surface area contributed by atoms with Crippen LogP contribution in [0.15, 0.2) is 36.5 Å². The Morgan fingerprint density at radius 1 is 1.08 bits per heavy atom. The molecule has 15 nitrogen and oxygen atoms in total. The first-order valence-electron chi connectivity index (χ1n) is 20.8. The number of hydrogen-bond acceptors (Lipinski definition) is 11. The molecule has 4 amide bonds. The number of alkyl halides is 2. The summed E-state index contributed by atoms with van der Waals surface area (Å²) in [6.45, 7) is 8.78. The summed E-state index contributed by atoms with van der Waals surface area (Å²) in [5.41, 5.74) is -3.84. The van der Waals surface area contributed by atoms with Crippen molar-refractivity contribution in [3.8, 4) is 17.4 Å². The molecule has 2 aliphatic carbocycles. The van der Waals surface area contributed by atoms with Crippen molar-refractivity contribution in [1.82, 2.24) is 25.2 Å².